The van der Waals surface area contributed by atoms with Gasteiger partial charge in [0, 0.05) is 24.8 Å². The summed E-state index contributed by atoms with van der Waals surface area (Å²) in [4.78, 5) is 0. The Hall–Kier alpha value is -0.830. The van der Waals surface area contributed by atoms with Gasteiger partial charge in [0.15, 0.2) is 0 Å². The van der Waals surface area contributed by atoms with Gasteiger partial charge in [0.05, 0.1) is 6.20 Å². The van der Waals surface area contributed by atoms with Crippen molar-refractivity contribution in [1.29, 1.82) is 0 Å². The van der Waals surface area contributed by atoms with E-state index in [9.17, 15) is 0 Å². The van der Waals surface area contributed by atoms with Gasteiger partial charge in [0.1, 0.15) is 0 Å². The van der Waals surface area contributed by atoms with Crippen LogP contribution in [0.2, 0.25) is 0 Å². The fourth-order valence-electron chi connectivity index (χ4n) is 2.34. The first-order valence-corrected chi connectivity index (χ1v) is 5.95. The van der Waals surface area contributed by atoms with Gasteiger partial charge in [0.25, 0.3) is 0 Å². The average molecular weight is 207 g/mol. The van der Waals surface area contributed by atoms with Gasteiger partial charge < -0.3 is 5.32 Å². The number of hydrogen-bond donors (Lipinski definition) is 1. The Labute approximate surface area is 91.9 Å². The van der Waals surface area contributed by atoms with Gasteiger partial charge in [-0.15, -0.1) is 0 Å². The summed E-state index contributed by atoms with van der Waals surface area (Å²) < 4.78 is 1.94. The van der Waals surface area contributed by atoms with Gasteiger partial charge >= 0.3 is 0 Å². The van der Waals surface area contributed by atoms with E-state index in [2.05, 4.69) is 17.3 Å². The van der Waals surface area contributed by atoms with Gasteiger partial charge in [-0.25, -0.2) is 0 Å². The van der Waals surface area contributed by atoms with Crippen LogP contribution in [0, 0.1) is 12.8 Å². The average Bonchev–Trinajstić information content (AvgIpc) is 2.83. The molecule has 1 aromatic rings. The summed E-state index contributed by atoms with van der Waals surface area (Å²) in [6, 6.07) is 0. The minimum Gasteiger partial charge on any atom is -0.312 e. The van der Waals surface area contributed by atoms with Crippen LogP contribution >= 0.6 is 0 Å². The first-order valence-electron chi connectivity index (χ1n) is 5.95. The van der Waals surface area contributed by atoms with Crippen molar-refractivity contribution in [2.45, 2.75) is 39.2 Å². The van der Waals surface area contributed by atoms with E-state index in [-0.39, 0.29) is 0 Å². The van der Waals surface area contributed by atoms with E-state index >= 15 is 0 Å². The van der Waals surface area contributed by atoms with Crippen molar-refractivity contribution in [2.75, 3.05) is 6.54 Å². The maximum Gasteiger partial charge on any atom is 0.0537 e. The van der Waals surface area contributed by atoms with Crippen molar-refractivity contribution in [1.82, 2.24) is 15.1 Å². The summed E-state index contributed by atoms with van der Waals surface area (Å²) in [7, 11) is 2.00. The third-order valence-electron chi connectivity index (χ3n) is 3.56. The molecule has 0 aromatic carbocycles. The quantitative estimate of drug-likeness (QED) is 0.818. The molecule has 84 valence electrons. The SMILES string of the molecule is Cc1c(CNCC2CCCC2)cnn1C. The molecule has 1 aliphatic rings. The molecule has 1 heterocycles. The van der Waals surface area contributed by atoms with Gasteiger partial charge in [-0.3, -0.25) is 4.68 Å². The van der Waals surface area contributed by atoms with Gasteiger partial charge in [-0.1, -0.05) is 12.8 Å². The molecule has 1 N–H and O–H groups in total. The molecule has 0 aliphatic heterocycles. The smallest absolute Gasteiger partial charge is 0.0537 e. The lowest BCUT2D eigenvalue weighted by Gasteiger charge is -2.09. The third kappa shape index (κ3) is 2.59. The monoisotopic (exact) mass is 207 g/mol. The van der Waals surface area contributed by atoms with Crippen molar-refractivity contribution >= 4 is 0 Å². The predicted molar refractivity (Wildman–Crippen MR) is 61.6 cm³/mol. The molecular formula is C12H21N3. The van der Waals surface area contributed by atoms with Crippen LogP contribution in [-0.2, 0) is 13.6 Å². The van der Waals surface area contributed by atoms with Crippen LogP contribution in [0.5, 0.6) is 0 Å². The van der Waals surface area contributed by atoms with E-state index in [1.165, 1.54) is 43.5 Å². The van der Waals surface area contributed by atoms with E-state index in [1.54, 1.807) is 0 Å². The second kappa shape index (κ2) is 4.79. The van der Waals surface area contributed by atoms with Crippen molar-refractivity contribution in [3.8, 4) is 0 Å². The first-order chi connectivity index (χ1) is 7.27. The second-order valence-corrected chi connectivity index (χ2v) is 4.66. The predicted octanol–water partition coefficient (Wildman–Crippen LogP) is 2.01. The summed E-state index contributed by atoms with van der Waals surface area (Å²) >= 11 is 0. The molecule has 0 amide bonds. The second-order valence-electron chi connectivity index (χ2n) is 4.66. The van der Waals surface area contributed by atoms with E-state index in [1.807, 2.05) is 17.9 Å². The van der Waals surface area contributed by atoms with Crippen molar-refractivity contribution < 1.29 is 0 Å². The van der Waals surface area contributed by atoms with Crippen LogP contribution in [0.3, 0.4) is 0 Å². The molecule has 15 heavy (non-hydrogen) atoms. The van der Waals surface area contributed by atoms with Crippen molar-refractivity contribution in [2.24, 2.45) is 13.0 Å². The van der Waals surface area contributed by atoms with Crippen LogP contribution in [0.15, 0.2) is 6.20 Å². The largest absolute Gasteiger partial charge is 0.312 e. The molecule has 0 unspecified atom stereocenters. The van der Waals surface area contributed by atoms with Gasteiger partial charge in [-0.2, -0.15) is 5.10 Å². The summed E-state index contributed by atoms with van der Waals surface area (Å²) in [5.74, 6) is 0.918. The highest BCUT2D eigenvalue weighted by Gasteiger charge is 2.14. The highest BCUT2D eigenvalue weighted by molar-refractivity contribution is 5.15. The number of rotatable bonds is 4. The van der Waals surface area contributed by atoms with E-state index < -0.39 is 0 Å². The summed E-state index contributed by atoms with van der Waals surface area (Å²) in [6.45, 7) is 4.27. The fourth-order valence-corrected chi connectivity index (χ4v) is 2.34. The molecule has 2 rings (SSSR count). The Bertz CT molecular complexity index is 311. The Morgan fingerprint density at radius 2 is 2.20 bits per heavy atom. The molecule has 0 bridgehead atoms. The minimum atomic E-state index is 0.918. The first kappa shape index (κ1) is 10.7. The van der Waals surface area contributed by atoms with Gasteiger partial charge in [0.2, 0.25) is 0 Å². The maximum atomic E-state index is 4.24. The molecular weight excluding hydrogens is 186 g/mol. The van der Waals surface area contributed by atoms with Crippen molar-refractivity contribution in [3.05, 3.63) is 17.5 Å². The summed E-state index contributed by atoms with van der Waals surface area (Å²) in [5.41, 5.74) is 2.60. The van der Waals surface area contributed by atoms with E-state index in [0.29, 0.717) is 0 Å². The lowest BCUT2D eigenvalue weighted by Crippen LogP contribution is -2.20. The molecule has 0 radical (unpaired) electrons. The summed E-state index contributed by atoms with van der Waals surface area (Å²) in [6.07, 6.45) is 7.66. The minimum absolute atomic E-state index is 0.918. The molecule has 3 nitrogen and oxygen atoms in total. The normalized spacial score (nSPS) is 17.5. The summed E-state index contributed by atoms with van der Waals surface area (Å²) in [5, 5.41) is 7.79. The number of hydrogen-bond acceptors (Lipinski definition) is 2. The number of aromatic nitrogens is 2. The number of aryl methyl sites for hydroxylation is 1. The molecule has 1 saturated carbocycles. The Morgan fingerprint density at radius 1 is 1.47 bits per heavy atom. The van der Waals surface area contributed by atoms with E-state index in [0.717, 1.165) is 12.5 Å². The number of nitrogens with one attached hydrogen (secondary N) is 1. The molecule has 0 atom stereocenters. The topological polar surface area (TPSA) is 29.9 Å². The standard InChI is InChI=1S/C12H21N3/c1-10-12(9-14-15(10)2)8-13-7-11-5-3-4-6-11/h9,11,13H,3-8H2,1-2H3. The van der Waals surface area contributed by atoms with Crippen LogP contribution in [-0.4, -0.2) is 16.3 Å². The molecule has 1 fully saturated rings. The lowest BCUT2D eigenvalue weighted by atomic mass is 10.1. The zero-order chi connectivity index (χ0) is 10.7. The van der Waals surface area contributed by atoms with Gasteiger partial charge in [-0.05, 0) is 32.2 Å². The Morgan fingerprint density at radius 3 is 2.80 bits per heavy atom. The van der Waals surface area contributed by atoms with Crippen LogP contribution in [0.25, 0.3) is 0 Å². The molecule has 1 aliphatic carbocycles. The maximum absolute atomic E-state index is 4.24. The fraction of sp³-hybridized carbons (Fsp3) is 0.750. The van der Waals surface area contributed by atoms with Crippen molar-refractivity contribution in [3.63, 3.8) is 0 Å². The molecule has 3 heteroatoms. The van der Waals surface area contributed by atoms with Crippen LogP contribution < -0.4 is 5.32 Å². The zero-order valence-corrected chi connectivity index (χ0v) is 9.79. The van der Waals surface area contributed by atoms with E-state index in [4.69, 9.17) is 0 Å². The highest BCUT2D eigenvalue weighted by atomic mass is 15.3. The lowest BCUT2D eigenvalue weighted by molar-refractivity contribution is 0.489. The zero-order valence-electron chi connectivity index (χ0n) is 9.79. The Kier molecular flexibility index (Phi) is 3.41. The van der Waals surface area contributed by atoms with Crippen LogP contribution in [0.4, 0.5) is 0 Å². The molecule has 1 aromatic heterocycles. The molecule has 0 spiro atoms. The molecule has 0 saturated heterocycles. The highest BCUT2D eigenvalue weighted by Crippen LogP contribution is 2.23. The van der Waals surface area contributed by atoms with Crippen LogP contribution in [0.1, 0.15) is 36.9 Å². The number of nitrogens with zero attached hydrogens (tertiary/aromatic N) is 2. The Balaban J connectivity index is 1.75. The third-order valence-corrected chi connectivity index (χ3v) is 3.56.